The van der Waals surface area contributed by atoms with Crippen molar-refractivity contribution in [3.05, 3.63) is 60.2 Å². The van der Waals surface area contributed by atoms with Crippen molar-refractivity contribution >= 4 is 11.9 Å². The third kappa shape index (κ3) is 5.01. The summed E-state index contributed by atoms with van der Waals surface area (Å²) in [6.45, 7) is -0.183. The normalized spacial score (nSPS) is 11.4. The van der Waals surface area contributed by atoms with Gasteiger partial charge in [0.15, 0.2) is 6.61 Å². The van der Waals surface area contributed by atoms with Gasteiger partial charge in [-0.05, 0) is 29.8 Å². The molecule has 0 bridgehead atoms. The Bertz CT molecular complexity index is 670. The third-order valence-electron chi connectivity index (χ3n) is 3.43. The number of carbonyl (C=O) groups is 2. The lowest BCUT2D eigenvalue weighted by Gasteiger charge is -2.14. The van der Waals surface area contributed by atoms with E-state index in [0.29, 0.717) is 17.1 Å². The molecule has 0 aliphatic heterocycles. The first-order chi connectivity index (χ1) is 11.6. The summed E-state index contributed by atoms with van der Waals surface area (Å²) in [6, 6.07) is 15.6. The first-order valence-corrected chi connectivity index (χ1v) is 7.41. The number of methoxy groups -OCH3 is 1. The van der Waals surface area contributed by atoms with Crippen molar-refractivity contribution < 1.29 is 24.2 Å². The van der Waals surface area contributed by atoms with Crippen LogP contribution in [0.2, 0.25) is 0 Å². The summed E-state index contributed by atoms with van der Waals surface area (Å²) >= 11 is 0. The standard InChI is InChI=1S/C18H19NO5/c1-23-14-7-9-15(10-8-14)24-12-17(20)19-11-16(18(21)22)13-5-3-2-4-6-13/h2-10,16H,11-12H2,1H3,(H,19,20)(H,21,22). The highest BCUT2D eigenvalue weighted by atomic mass is 16.5. The van der Waals surface area contributed by atoms with Gasteiger partial charge in [0.2, 0.25) is 0 Å². The zero-order valence-electron chi connectivity index (χ0n) is 13.3. The minimum atomic E-state index is -0.988. The second kappa shape index (κ2) is 8.57. The van der Waals surface area contributed by atoms with Gasteiger partial charge in [0.05, 0.1) is 13.0 Å². The van der Waals surface area contributed by atoms with E-state index in [0.717, 1.165) is 0 Å². The fraction of sp³-hybridized carbons (Fsp3) is 0.222. The number of aliphatic carboxylic acids is 1. The Kier molecular flexibility index (Phi) is 6.19. The van der Waals surface area contributed by atoms with Gasteiger partial charge in [0.25, 0.3) is 5.91 Å². The number of ether oxygens (including phenoxy) is 2. The number of carbonyl (C=O) groups excluding carboxylic acids is 1. The molecule has 0 fully saturated rings. The van der Waals surface area contributed by atoms with Gasteiger partial charge in [0, 0.05) is 6.54 Å². The van der Waals surface area contributed by atoms with E-state index in [9.17, 15) is 14.7 Å². The third-order valence-corrected chi connectivity index (χ3v) is 3.43. The van der Waals surface area contributed by atoms with Crippen molar-refractivity contribution in [3.63, 3.8) is 0 Å². The molecule has 0 radical (unpaired) electrons. The smallest absolute Gasteiger partial charge is 0.312 e. The molecule has 0 saturated carbocycles. The van der Waals surface area contributed by atoms with Crippen LogP contribution in [-0.4, -0.2) is 37.2 Å². The van der Waals surface area contributed by atoms with Gasteiger partial charge >= 0.3 is 5.97 Å². The SMILES string of the molecule is COc1ccc(OCC(=O)NCC(C(=O)O)c2ccccc2)cc1. The van der Waals surface area contributed by atoms with Gasteiger partial charge in [-0.1, -0.05) is 30.3 Å². The van der Waals surface area contributed by atoms with Crippen LogP contribution in [0.4, 0.5) is 0 Å². The van der Waals surface area contributed by atoms with Gasteiger partial charge < -0.3 is 19.9 Å². The second-order valence-electron chi connectivity index (χ2n) is 5.07. The van der Waals surface area contributed by atoms with Gasteiger partial charge in [-0.3, -0.25) is 9.59 Å². The highest BCUT2D eigenvalue weighted by Gasteiger charge is 2.20. The van der Waals surface area contributed by atoms with E-state index in [1.807, 2.05) is 6.07 Å². The number of rotatable bonds is 8. The number of hydrogen-bond acceptors (Lipinski definition) is 4. The lowest BCUT2D eigenvalue weighted by atomic mass is 9.99. The predicted octanol–water partition coefficient (Wildman–Crippen LogP) is 2.06. The van der Waals surface area contributed by atoms with Crippen LogP contribution < -0.4 is 14.8 Å². The largest absolute Gasteiger partial charge is 0.497 e. The highest BCUT2D eigenvalue weighted by Crippen LogP contribution is 2.17. The minimum Gasteiger partial charge on any atom is -0.497 e. The Morgan fingerprint density at radius 1 is 1.04 bits per heavy atom. The van der Waals surface area contributed by atoms with Crippen molar-refractivity contribution in [1.29, 1.82) is 0 Å². The molecular weight excluding hydrogens is 310 g/mol. The van der Waals surface area contributed by atoms with E-state index in [2.05, 4.69) is 5.32 Å². The van der Waals surface area contributed by atoms with Crippen LogP contribution in [0.3, 0.4) is 0 Å². The molecular formula is C18H19NO5. The van der Waals surface area contributed by atoms with Crippen LogP contribution in [0.25, 0.3) is 0 Å². The Labute approximate surface area is 140 Å². The molecule has 0 spiro atoms. The molecule has 0 aromatic heterocycles. The number of amides is 1. The molecule has 6 nitrogen and oxygen atoms in total. The summed E-state index contributed by atoms with van der Waals surface area (Å²) in [5, 5.41) is 11.9. The molecule has 1 atom stereocenters. The lowest BCUT2D eigenvalue weighted by molar-refractivity contribution is -0.138. The maximum absolute atomic E-state index is 11.8. The van der Waals surface area contributed by atoms with Gasteiger partial charge in [-0.25, -0.2) is 0 Å². The average molecular weight is 329 g/mol. The first kappa shape index (κ1) is 17.3. The van der Waals surface area contributed by atoms with E-state index in [-0.39, 0.29) is 19.1 Å². The van der Waals surface area contributed by atoms with Crippen LogP contribution in [0.1, 0.15) is 11.5 Å². The van der Waals surface area contributed by atoms with Crippen LogP contribution >= 0.6 is 0 Å². The molecule has 2 aromatic rings. The van der Waals surface area contributed by atoms with Gasteiger partial charge in [0.1, 0.15) is 11.5 Å². The average Bonchev–Trinajstić information content (AvgIpc) is 2.61. The van der Waals surface area contributed by atoms with Crippen LogP contribution in [0.5, 0.6) is 11.5 Å². The molecule has 0 aliphatic carbocycles. The maximum Gasteiger partial charge on any atom is 0.312 e. The molecule has 0 heterocycles. The molecule has 2 N–H and O–H groups in total. The molecule has 6 heteroatoms. The number of carboxylic acid groups (broad SMARTS) is 1. The fourth-order valence-electron chi connectivity index (χ4n) is 2.12. The molecule has 2 aromatic carbocycles. The van der Waals surface area contributed by atoms with Crippen molar-refractivity contribution in [2.45, 2.75) is 5.92 Å². The zero-order chi connectivity index (χ0) is 17.4. The molecule has 1 amide bonds. The summed E-state index contributed by atoms with van der Waals surface area (Å²) in [4.78, 5) is 23.2. The zero-order valence-corrected chi connectivity index (χ0v) is 13.3. The Morgan fingerprint density at radius 3 is 2.25 bits per heavy atom. The van der Waals surface area contributed by atoms with Crippen LogP contribution in [0.15, 0.2) is 54.6 Å². The molecule has 0 saturated heterocycles. The molecule has 0 aliphatic rings. The topological polar surface area (TPSA) is 84.9 Å². The summed E-state index contributed by atoms with van der Waals surface area (Å²) in [7, 11) is 1.56. The number of carboxylic acids is 1. The fourth-order valence-corrected chi connectivity index (χ4v) is 2.12. The summed E-state index contributed by atoms with van der Waals surface area (Å²) in [6.07, 6.45) is 0. The van der Waals surface area contributed by atoms with Crippen molar-refractivity contribution in [3.8, 4) is 11.5 Å². The maximum atomic E-state index is 11.8. The quantitative estimate of drug-likeness (QED) is 0.774. The van der Waals surface area contributed by atoms with E-state index in [4.69, 9.17) is 9.47 Å². The van der Waals surface area contributed by atoms with Crippen molar-refractivity contribution in [1.82, 2.24) is 5.32 Å². The Hall–Kier alpha value is -3.02. The van der Waals surface area contributed by atoms with Crippen LogP contribution in [0, 0.1) is 0 Å². The van der Waals surface area contributed by atoms with Crippen LogP contribution in [-0.2, 0) is 9.59 Å². The number of hydrogen-bond donors (Lipinski definition) is 2. The number of benzene rings is 2. The van der Waals surface area contributed by atoms with Crippen molar-refractivity contribution in [2.75, 3.05) is 20.3 Å². The lowest BCUT2D eigenvalue weighted by Crippen LogP contribution is -2.34. The molecule has 2 rings (SSSR count). The van der Waals surface area contributed by atoms with E-state index >= 15 is 0 Å². The summed E-state index contributed by atoms with van der Waals surface area (Å²) in [5.41, 5.74) is 0.640. The van der Waals surface area contributed by atoms with Crippen molar-refractivity contribution in [2.24, 2.45) is 0 Å². The summed E-state index contributed by atoms with van der Waals surface area (Å²) < 4.78 is 10.4. The monoisotopic (exact) mass is 329 g/mol. The minimum absolute atomic E-state index is 0.00412. The predicted molar refractivity (Wildman–Crippen MR) is 88.3 cm³/mol. The Balaban J connectivity index is 1.83. The first-order valence-electron chi connectivity index (χ1n) is 7.41. The van der Waals surface area contributed by atoms with Gasteiger partial charge in [-0.15, -0.1) is 0 Å². The molecule has 24 heavy (non-hydrogen) atoms. The second-order valence-corrected chi connectivity index (χ2v) is 5.07. The summed E-state index contributed by atoms with van der Waals surface area (Å²) in [5.74, 6) is -0.940. The number of nitrogens with one attached hydrogen (secondary N) is 1. The van der Waals surface area contributed by atoms with Gasteiger partial charge in [-0.2, -0.15) is 0 Å². The van der Waals surface area contributed by atoms with E-state index in [1.165, 1.54) is 0 Å². The highest BCUT2D eigenvalue weighted by molar-refractivity contribution is 5.80. The molecule has 1 unspecified atom stereocenters. The molecule has 126 valence electrons. The van der Waals surface area contributed by atoms with E-state index in [1.54, 1.807) is 55.6 Å². The Morgan fingerprint density at radius 2 is 1.67 bits per heavy atom. The van der Waals surface area contributed by atoms with E-state index < -0.39 is 11.9 Å².